The van der Waals surface area contributed by atoms with Gasteiger partial charge >= 0.3 is 0 Å². The van der Waals surface area contributed by atoms with E-state index in [2.05, 4.69) is 347 Å². The predicted molar refractivity (Wildman–Crippen MR) is 734 cm³/mol. The number of halogens is 1. The summed E-state index contributed by atoms with van der Waals surface area (Å²) in [7, 11) is 128. The van der Waals surface area contributed by atoms with Gasteiger partial charge in [0.1, 0.15) is 6.17 Å². The molecule has 0 saturated heterocycles. The maximum absolute atomic E-state index is 13.0. The Balaban J connectivity index is 0.000000671. The van der Waals surface area contributed by atoms with Crippen molar-refractivity contribution in [3.05, 3.63) is 60.3 Å². The minimum atomic E-state index is -3.56. The van der Waals surface area contributed by atoms with Crippen molar-refractivity contribution in [3.63, 3.8) is 0 Å². The largest absolute Gasteiger partial charge is 0.414 e. The molecule has 0 aliphatic rings. The van der Waals surface area contributed by atoms with Crippen LogP contribution in [0.2, 0.25) is 0 Å². The van der Waals surface area contributed by atoms with Crippen LogP contribution in [0.25, 0.3) is 34.3 Å². The van der Waals surface area contributed by atoms with Gasteiger partial charge in [-0.25, -0.2) is 22.8 Å². The maximum atomic E-state index is 13.0. The van der Waals surface area contributed by atoms with Gasteiger partial charge in [0.05, 0.1) is 22.0 Å². The molecule has 2 aromatic heterocycles. The number of sulfone groups is 1. The number of aliphatic hydroxyl groups is 1. The molecule has 83 heteroatoms. The van der Waals surface area contributed by atoms with Gasteiger partial charge in [0, 0.05) is 30.8 Å². The fraction of sp³-hybridized carbons (Fsp3) is 0.308. The molecule has 43 atom stereocenters. The molecule has 2 aromatic carbocycles. The van der Waals surface area contributed by atoms with Crippen molar-refractivity contribution >= 4 is 583 Å². The van der Waals surface area contributed by atoms with Crippen molar-refractivity contribution in [1.82, 2.24) is 25.5 Å². The van der Waals surface area contributed by atoms with Crippen LogP contribution in [0.1, 0.15) is 25.8 Å². The van der Waals surface area contributed by atoms with Gasteiger partial charge in [0.25, 0.3) is 5.89 Å². The molecule has 0 saturated carbocycles. The Morgan fingerprint density at radius 3 is 1.01 bits per heavy atom. The van der Waals surface area contributed by atoms with E-state index < -0.39 is 21.3 Å². The Morgan fingerprint density at radius 2 is 0.725 bits per heavy atom. The van der Waals surface area contributed by atoms with Crippen LogP contribution >= 0.6 is 567 Å². The second kappa shape index (κ2) is 68.4. The minimum Gasteiger partial charge on any atom is -0.414 e. The molecule has 0 amide bonds. The Kier molecular flexibility index (Phi) is 81.6. The summed E-state index contributed by atoms with van der Waals surface area (Å²) in [5, 5.41) is 19.6. The number of alkyl halides is 1. The second-order valence-corrected chi connectivity index (χ2v) is 314. The number of nitrogen functional groups attached to an aromatic ring is 1. The van der Waals surface area contributed by atoms with Crippen LogP contribution in [0.4, 0.5) is 10.2 Å². The first-order chi connectivity index (χ1) is 50.5. The van der Waals surface area contributed by atoms with E-state index in [0.29, 0.717) is 23.4 Å². The van der Waals surface area contributed by atoms with Gasteiger partial charge in [0.2, 0.25) is 5.89 Å². The number of hydrogen-bond acceptors (Lipinski definition) is 10. The highest BCUT2D eigenvalue weighted by Crippen LogP contribution is 3.50. The molecular weight excluding hydrogens is 2710 g/mol. The van der Waals surface area contributed by atoms with Crippen molar-refractivity contribution in [2.75, 3.05) is 18.9 Å². The van der Waals surface area contributed by atoms with Gasteiger partial charge in [-0.3, -0.25) is 0 Å². The molecule has 10 nitrogen and oxygen atoms in total. The summed E-state index contributed by atoms with van der Waals surface area (Å²) < 4.78 is 44.1. The standard InChI is InChI=1S/C26H29FN6O4S.H73P71/c1-16(27)13-29-14-18-3-5-20(6-4-18)25-32-33-26(37-25)23-24(28)30-15-22(31-23)19-7-9-21(10-8-19)38(35,36)17(2)11-12-34;1-37-55(36)64(54(34)35)69(65(56(38(2)3)39(4)5)57(40(6)7)41(8)9)71(68(62(50(26)27)51(28)29)63(52(30)31)53(32)33)70(66(58(42(10)11)43(12)13)59(44(14)15)45(16)17)67(60(46(18)19)47(20)21)61(48(22)23)49(24)25/h3-10,15-17,29,34H,11-14H2,1-2H3,(H2,28,30);37H,1-36H2. The van der Waals surface area contributed by atoms with Crippen LogP contribution in [0.5, 0.6) is 0 Å². The Bertz CT molecular complexity index is 3160. The van der Waals surface area contributed by atoms with E-state index in [9.17, 15) is 12.8 Å². The number of nitrogens with one attached hydrogen (secondary N) is 1. The zero-order valence-corrected chi connectivity index (χ0v) is 131. The Morgan fingerprint density at radius 1 is 0.440 bits per heavy atom. The van der Waals surface area contributed by atoms with E-state index >= 15 is 0 Å². The highest BCUT2D eigenvalue weighted by Gasteiger charge is 2.63. The number of aromatic nitrogens is 4. The smallest absolute Gasteiger partial charge is 0.270 e. The first-order valence-corrected chi connectivity index (χ1v) is 159. The van der Waals surface area contributed by atoms with Crippen molar-refractivity contribution in [3.8, 4) is 34.3 Å². The van der Waals surface area contributed by atoms with Gasteiger partial charge in [-0.05, 0) is 288 Å². The molecule has 0 spiro atoms. The number of nitrogens with zero attached hydrogens (tertiary/aromatic N) is 4. The predicted octanol–water partition coefficient (Wildman–Crippen LogP) is 45.0. The van der Waals surface area contributed by atoms with Gasteiger partial charge < -0.3 is 20.6 Å². The van der Waals surface area contributed by atoms with Gasteiger partial charge in [-0.1, -0.05) is 32.2 Å². The van der Waals surface area contributed by atoms with Crippen molar-refractivity contribution in [2.45, 2.75) is 43.1 Å². The fourth-order valence-corrected chi connectivity index (χ4v) is 1040. The van der Waals surface area contributed by atoms with Crippen molar-refractivity contribution in [2.24, 2.45) is 0 Å². The van der Waals surface area contributed by atoms with E-state index in [4.69, 9.17) is 15.3 Å². The third-order valence-corrected chi connectivity index (χ3v) is 513. The molecule has 0 aliphatic carbocycles. The Labute approximate surface area is 776 Å². The van der Waals surface area contributed by atoms with Crippen molar-refractivity contribution in [1.29, 1.82) is 0 Å². The molecule has 43 unspecified atom stereocenters. The molecule has 0 bridgehead atoms. The highest BCUT2D eigenvalue weighted by atomic mass is 33.6. The van der Waals surface area contributed by atoms with Crippen LogP contribution in [-0.4, -0.2) is 58.3 Å². The van der Waals surface area contributed by atoms with Crippen LogP contribution in [0, 0.1) is 0 Å². The number of anilines is 1. The van der Waals surface area contributed by atoms with Gasteiger partial charge in [-0.15, -0.1) is 332 Å². The minimum absolute atomic E-state index is 0.0894. The molecule has 109 heavy (non-hydrogen) atoms. The molecule has 4 aromatic rings. The van der Waals surface area contributed by atoms with Crippen LogP contribution in [0.15, 0.2) is 64.0 Å². The van der Waals surface area contributed by atoms with Crippen LogP contribution in [-0.2, 0) is 16.4 Å². The van der Waals surface area contributed by atoms with E-state index in [-0.39, 0.29) is 285 Å². The highest BCUT2D eigenvalue weighted by molar-refractivity contribution is 9.56. The number of rotatable bonds is 45. The fourth-order valence-electron chi connectivity index (χ4n) is 7.97. The summed E-state index contributed by atoms with van der Waals surface area (Å²) in [4.78, 5) is 8.89. The third-order valence-electron chi connectivity index (χ3n) is 12.2. The number of benzene rings is 2. The quantitative estimate of drug-likeness (QED) is 0.0364. The Hall–Kier alpha value is 26.8. The van der Waals surface area contributed by atoms with Crippen LogP contribution in [0.3, 0.4) is 0 Å². The topological polar surface area (TPSA) is 157 Å². The van der Waals surface area contributed by atoms with Gasteiger partial charge in [-0.2, -0.15) is 0 Å². The zero-order valence-electron chi connectivity index (χ0n) is 57.5. The second-order valence-electron chi connectivity index (χ2n) is 20.1. The van der Waals surface area contributed by atoms with E-state index in [1.807, 2.05) is 24.3 Å². The molecule has 628 valence electrons. The molecule has 4 rings (SSSR count). The summed E-state index contributed by atoms with van der Waals surface area (Å²) in [6.45, 7) is -6.10. The zero-order chi connectivity index (χ0) is 83.6. The first-order valence-electron chi connectivity index (χ1n) is 28.2. The molecule has 0 radical (unpaired) electrons. The SMILES string of the molecule is CC(F)CNCc1ccc(-c2nnc(-c3nc(-c4ccc(S(=O)(=O)C(C)CCO)cc4)cnc3N)o2)cc1.PPP(P)P(P(P)P)P(P(P(P(P)P)P(P)P)P(P(P)P)P(P)P)P(P(P(P(P)P)P(P)P)P(P(P)P)P(P)P)P(P(P(P(P)P)P(P)P)P(P(P)P)P(P)P)P(P(P(P)P)P(P)P)P(P(P)P)P(P)P. The number of nitrogens with two attached hydrogens (primary N) is 1. The summed E-state index contributed by atoms with van der Waals surface area (Å²) in [6.07, 6.45) is 0.719. The molecule has 0 fully saturated rings. The summed E-state index contributed by atoms with van der Waals surface area (Å²) in [6, 6.07) is 13.7. The van der Waals surface area contributed by atoms with Gasteiger partial charge in [0.15, 0.2) is 21.3 Å². The first kappa shape index (κ1) is 130. The average molecular weight is 2810 g/mol. The molecular formula is C26H102FN6O4P71S. The summed E-state index contributed by atoms with van der Waals surface area (Å²) in [5.74, 6) is 0.464. The van der Waals surface area contributed by atoms with E-state index in [1.165, 1.54) is 25.3 Å². The normalized spacial score (nSPS) is 15.3. The number of aliphatic hydroxyl groups excluding tert-OH is 1. The maximum Gasteiger partial charge on any atom is 0.270 e. The average Bonchev–Trinajstić information content (AvgIpc) is 1.16. The number of hydrogen-bond donors (Lipinski definition) is 3. The lowest BCUT2D eigenvalue weighted by Gasteiger charge is -2.61. The third kappa shape index (κ3) is 42.8. The van der Waals surface area contributed by atoms with E-state index in [0.717, 1.165) is 13.5 Å². The lowest BCUT2D eigenvalue weighted by molar-refractivity contribution is 0.287. The van der Waals surface area contributed by atoms with Crippen LogP contribution < -0.4 is 11.1 Å². The molecule has 0 aliphatic heterocycles. The lowest BCUT2D eigenvalue weighted by Crippen LogP contribution is -2.21. The summed E-state index contributed by atoms with van der Waals surface area (Å²) in [5.41, 5.74) is 9.00. The van der Waals surface area contributed by atoms with E-state index in [1.54, 1.807) is 19.1 Å². The lowest BCUT2D eigenvalue weighted by atomic mass is 10.1. The summed E-state index contributed by atoms with van der Waals surface area (Å²) >= 11 is 0. The molecule has 4 N–H and O–H groups in total. The molecule has 2 heterocycles. The monoisotopic (exact) mass is 2810 g/mol. The van der Waals surface area contributed by atoms with Crippen molar-refractivity contribution < 1.29 is 22.3 Å².